The average Bonchev–Trinajstić information content (AvgIpc) is 2.87. The molecule has 0 saturated heterocycles. The van der Waals surface area contributed by atoms with E-state index in [0.29, 0.717) is 5.92 Å². The first-order chi connectivity index (χ1) is 10.1. The van der Waals surface area contributed by atoms with Gasteiger partial charge in [0.25, 0.3) is 0 Å². The predicted molar refractivity (Wildman–Crippen MR) is 85.4 cm³/mol. The van der Waals surface area contributed by atoms with Crippen molar-refractivity contribution in [2.45, 2.75) is 25.7 Å². The van der Waals surface area contributed by atoms with Crippen LogP contribution < -0.4 is 11.5 Å². The Morgan fingerprint density at radius 1 is 1.19 bits per heavy atom. The van der Waals surface area contributed by atoms with Gasteiger partial charge >= 0.3 is 0 Å². The van der Waals surface area contributed by atoms with Crippen LogP contribution in [-0.4, -0.2) is 16.7 Å². The van der Waals surface area contributed by atoms with Crippen molar-refractivity contribution in [3.8, 4) is 0 Å². The summed E-state index contributed by atoms with van der Waals surface area (Å²) < 4.78 is 0. The second-order valence-electron chi connectivity index (χ2n) is 5.41. The molecule has 1 unspecified atom stereocenters. The topological polar surface area (TPSA) is 92.5 Å². The SMILES string of the molecule is Cc1c[nH]c2c1C(=NN=C(N)N)CC(c1ccccc1)C2. The zero-order valence-corrected chi connectivity index (χ0v) is 12.0. The molecule has 0 bridgehead atoms. The second-order valence-corrected chi connectivity index (χ2v) is 5.41. The van der Waals surface area contributed by atoms with Gasteiger partial charge in [0.15, 0.2) is 0 Å². The number of aromatic nitrogens is 1. The van der Waals surface area contributed by atoms with Crippen LogP contribution in [0.4, 0.5) is 0 Å². The highest BCUT2D eigenvalue weighted by Gasteiger charge is 2.27. The van der Waals surface area contributed by atoms with Gasteiger partial charge in [-0.3, -0.25) is 0 Å². The van der Waals surface area contributed by atoms with E-state index >= 15 is 0 Å². The van der Waals surface area contributed by atoms with E-state index in [1.165, 1.54) is 16.8 Å². The van der Waals surface area contributed by atoms with Crippen LogP contribution in [0.5, 0.6) is 0 Å². The molecule has 1 heterocycles. The van der Waals surface area contributed by atoms with Gasteiger partial charge in [-0.15, -0.1) is 5.10 Å². The smallest absolute Gasteiger partial charge is 0.211 e. The normalized spacial score (nSPS) is 19.3. The molecule has 0 aliphatic heterocycles. The molecule has 5 heteroatoms. The first-order valence-electron chi connectivity index (χ1n) is 7.02. The highest BCUT2D eigenvalue weighted by molar-refractivity contribution is 6.04. The minimum absolute atomic E-state index is 0.0147. The Kier molecular flexibility index (Phi) is 3.48. The number of aromatic amines is 1. The number of nitrogens with zero attached hydrogens (tertiary/aromatic N) is 2. The van der Waals surface area contributed by atoms with E-state index in [0.717, 1.165) is 24.1 Å². The molecule has 1 aromatic heterocycles. The van der Waals surface area contributed by atoms with Gasteiger partial charge in [0.2, 0.25) is 5.96 Å². The minimum Gasteiger partial charge on any atom is -0.369 e. The number of H-pyrrole nitrogens is 1. The molecule has 1 aromatic carbocycles. The molecule has 0 amide bonds. The average molecular weight is 281 g/mol. The van der Waals surface area contributed by atoms with Gasteiger partial charge in [-0.25, -0.2) is 0 Å². The van der Waals surface area contributed by atoms with Gasteiger partial charge in [-0.05, 0) is 36.8 Å². The van der Waals surface area contributed by atoms with Crippen molar-refractivity contribution in [3.63, 3.8) is 0 Å². The van der Waals surface area contributed by atoms with Gasteiger partial charge in [0, 0.05) is 17.5 Å². The van der Waals surface area contributed by atoms with Crippen molar-refractivity contribution in [2.24, 2.45) is 21.7 Å². The molecule has 0 radical (unpaired) electrons. The third-order valence-electron chi connectivity index (χ3n) is 3.90. The minimum atomic E-state index is -0.0147. The van der Waals surface area contributed by atoms with E-state index in [4.69, 9.17) is 11.5 Å². The number of fused-ring (bicyclic) bond motifs is 1. The summed E-state index contributed by atoms with van der Waals surface area (Å²) in [5.41, 5.74) is 16.6. The summed E-state index contributed by atoms with van der Waals surface area (Å²) in [6, 6.07) is 10.5. The molecule has 2 aromatic rings. The van der Waals surface area contributed by atoms with E-state index in [2.05, 4.69) is 46.4 Å². The Hall–Kier alpha value is -2.56. The van der Waals surface area contributed by atoms with Crippen LogP contribution in [0.2, 0.25) is 0 Å². The fourth-order valence-corrected chi connectivity index (χ4v) is 2.96. The third-order valence-corrected chi connectivity index (χ3v) is 3.90. The first kappa shape index (κ1) is 13.4. The highest BCUT2D eigenvalue weighted by atomic mass is 15.3. The lowest BCUT2D eigenvalue weighted by atomic mass is 9.81. The van der Waals surface area contributed by atoms with Crippen molar-refractivity contribution >= 4 is 11.7 Å². The van der Waals surface area contributed by atoms with Crippen molar-refractivity contribution < 1.29 is 0 Å². The Bertz CT molecular complexity index is 693. The number of guanidine groups is 1. The summed E-state index contributed by atoms with van der Waals surface area (Å²) >= 11 is 0. The Balaban J connectivity index is 2.01. The molecule has 1 atom stereocenters. The number of aryl methyl sites for hydroxylation is 1. The van der Waals surface area contributed by atoms with Crippen molar-refractivity contribution in [1.29, 1.82) is 0 Å². The van der Waals surface area contributed by atoms with Crippen molar-refractivity contribution in [2.75, 3.05) is 0 Å². The van der Waals surface area contributed by atoms with Crippen LogP contribution in [0, 0.1) is 6.92 Å². The number of rotatable bonds is 2. The van der Waals surface area contributed by atoms with Gasteiger partial charge < -0.3 is 16.5 Å². The fraction of sp³-hybridized carbons (Fsp3) is 0.250. The van der Waals surface area contributed by atoms with E-state index < -0.39 is 0 Å². The second kappa shape index (κ2) is 5.44. The molecule has 21 heavy (non-hydrogen) atoms. The number of benzene rings is 1. The Labute approximate surface area is 123 Å². The first-order valence-corrected chi connectivity index (χ1v) is 7.02. The van der Waals surface area contributed by atoms with Gasteiger partial charge in [0.05, 0.1) is 5.71 Å². The number of nitrogens with two attached hydrogens (primary N) is 2. The van der Waals surface area contributed by atoms with Crippen LogP contribution in [0.15, 0.2) is 46.7 Å². The van der Waals surface area contributed by atoms with E-state index in [-0.39, 0.29) is 5.96 Å². The summed E-state index contributed by atoms with van der Waals surface area (Å²) in [5, 5.41) is 8.11. The number of hydrogen-bond donors (Lipinski definition) is 3. The lowest BCUT2D eigenvalue weighted by Gasteiger charge is -2.24. The summed E-state index contributed by atoms with van der Waals surface area (Å²) in [4.78, 5) is 3.35. The van der Waals surface area contributed by atoms with Crippen LogP contribution in [0.1, 0.15) is 34.7 Å². The summed E-state index contributed by atoms with van der Waals surface area (Å²) in [6.07, 6.45) is 3.84. The summed E-state index contributed by atoms with van der Waals surface area (Å²) in [5.74, 6) is 0.378. The van der Waals surface area contributed by atoms with Crippen LogP contribution in [0.3, 0.4) is 0 Å². The molecule has 3 rings (SSSR count). The molecule has 1 aliphatic rings. The molecule has 5 N–H and O–H groups in total. The van der Waals surface area contributed by atoms with Gasteiger partial charge in [0.1, 0.15) is 0 Å². The largest absolute Gasteiger partial charge is 0.369 e. The standard InChI is InChI=1S/C16H19N5/c1-10-9-19-13-7-12(11-5-3-2-4-6-11)8-14(15(10)13)20-21-16(17)18/h2-6,9,12,19H,7-8H2,1H3,(H4,17,18,21). The predicted octanol–water partition coefficient (Wildman–Crippen LogP) is 2.03. The lowest BCUT2D eigenvalue weighted by molar-refractivity contribution is 0.683. The Morgan fingerprint density at radius 3 is 2.67 bits per heavy atom. The van der Waals surface area contributed by atoms with Crippen LogP contribution >= 0.6 is 0 Å². The van der Waals surface area contributed by atoms with Crippen molar-refractivity contribution in [3.05, 3.63) is 58.9 Å². The maximum Gasteiger partial charge on any atom is 0.211 e. The van der Waals surface area contributed by atoms with Crippen molar-refractivity contribution in [1.82, 2.24) is 4.98 Å². The summed E-state index contributed by atoms with van der Waals surface area (Å²) in [6.45, 7) is 2.07. The zero-order valence-electron chi connectivity index (χ0n) is 12.0. The molecule has 108 valence electrons. The van der Waals surface area contributed by atoms with Crippen LogP contribution in [0.25, 0.3) is 0 Å². The molecule has 0 saturated carbocycles. The maximum atomic E-state index is 5.40. The fourth-order valence-electron chi connectivity index (χ4n) is 2.96. The van der Waals surface area contributed by atoms with E-state index in [1.54, 1.807) is 0 Å². The maximum absolute atomic E-state index is 5.40. The van der Waals surface area contributed by atoms with Crippen LogP contribution in [-0.2, 0) is 6.42 Å². The quantitative estimate of drug-likeness (QED) is 0.446. The lowest BCUT2D eigenvalue weighted by Crippen LogP contribution is -2.23. The Morgan fingerprint density at radius 2 is 1.95 bits per heavy atom. The molecule has 0 fully saturated rings. The molecular formula is C16H19N5. The van der Waals surface area contributed by atoms with Gasteiger partial charge in [-0.2, -0.15) is 5.10 Å². The zero-order chi connectivity index (χ0) is 14.8. The molecule has 5 nitrogen and oxygen atoms in total. The number of nitrogens with one attached hydrogen (secondary N) is 1. The highest BCUT2D eigenvalue weighted by Crippen LogP contribution is 2.34. The van der Waals surface area contributed by atoms with E-state index in [1.807, 2.05) is 12.3 Å². The van der Waals surface area contributed by atoms with Gasteiger partial charge in [-0.1, -0.05) is 30.3 Å². The number of hydrogen-bond acceptors (Lipinski definition) is 2. The molecule has 1 aliphatic carbocycles. The molecular weight excluding hydrogens is 262 g/mol. The van der Waals surface area contributed by atoms with E-state index in [9.17, 15) is 0 Å². The monoisotopic (exact) mass is 281 g/mol. The third kappa shape index (κ3) is 2.67. The molecule has 0 spiro atoms. The summed E-state index contributed by atoms with van der Waals surface area (Å²) in [7, 11) is 0.